The topological polar surface area (TPSA) is 83.8 Å². The first-order valence-corrected chi connectivity index (χ1v) is 9.38. The molecule has 4 N–H and O–H groups in total. The number of hydrogen-bond donors (Lipinski definition) is 3. The SMILES string of the molecule is NC(=O)c1ncc(-c2cccc3c2CCNC3)c2c3c([nH]c12)CCCC3. The van der Waals surface area contributed by atoms with Crippen LogP contribution in [0.5, 0.6) is 0 Å². The number of rotatable bonds is 2. The average Bonchev–Trinajstić information content (AvgIpc) is 3.06. The van der Waals surface area contributed by atoms with E-state index in [4.69, 9.17) is 5.73 Å². The molecule has 3 heterocycles. The molecule has 0 radical (unpaired) electrons. The molecule has 0 unspecified atom stereocenters. The van der Waals surface area contributed by atoms with E-state index in [0.717, 1.165) is 48.8 Å². The van der Waals surface area contributed by atoms with Crippen molar-refractivity contribution in [3.63, 3.8) is 0 Å². The second-order valence-corrected chi connectivity index (χ2v) is 7.29. The van der Waals surface area contributed by atoms with Gasteiger partial charge in [0.25, 0.3) is 5.91 Å². The van der Waals surface area contributed by atoms with Crippen molar-refractivity contribution in [3.05, 3.63) is 52.5 Å². The van der Waals surface area contributed by atoms with Crippen LogP contribution in [0.1, 0.15) is 45.7 Å². The van der Waals surface area contributed by atoms with Crippen LogP contribution in [0, 0.1) is 0 Å². The number of primary amides is 1. The Labute approximate surface area is 152 Å². The third kappa shape index (κ3) is 2.27. The molecule has 26 heavy (non-hydrogen) atoms. The zero-order chi connectivity index (χ0) is 17.7. The minimum absolute atomic E-state index is 0.351. The molecule has 1 aromatic carbocycles. The lowest BCUT2D eigenvalue weighted by Gasteiger charge is -2.21. The number of carbonyl (C=O) groups excluding carboxylic acids is 1. The summed E-state index contributed by atoms with van der Waals surface area (Å²) in [6, 6.07) is 6.50. The average molecular weight is 346 g/mol. The van der Waals surface area contributed by atoms with Crippen LogP contribution in [-0.2, 0) is 25.8 Å². The zero-order valence-corrected chi connectivity index (χ0v) is 14.7. The van der Waals surface area contributed by atoms with Crippen molar-refractivity contribution in [1.29, 1.82) is 0 Å². The third-order valence-corrected chi connectivity index (χ3v) is 5.79. The van der Waals surface area contributed by atoms with Gasteiger partial charge >= 0.3 is 0 Å². The first-order valence-electron chi connectivity index (χ1n) is 9.38. The number of carbonyl (C=O) groups is 1. The number of pyridine rings is 1. The molecular formula is C21H22N4O. The maximum Gasteiger partial charge on any atom is 0.269 e. The molecule has 0 spiro atoms. The minimum atomic E-state index is -0.473. The molecule has 0 bridgehead atoms. The summed E-state index contributed by atoms with van der Waals surface area (Å²) in [5.41, 5.74) is 14.5. The lowest BCUT2D eigenvalue weighted by molar-refractivity contribution is 0.0997. The summed E-state index contributed by atoms with van der Waals surface area (Å²) in [5, 5.41) is 4.59. The van der Waals surface area contributed by atoms with Gasteiger partial charge in [0.1, 0.15) is 0 Å². The lowest BCUT2D eigenvalue weighted by atomic mass is 9.88. The van der Waals surface area contributed by atoms with Gasteiger partial charge in [-0.15, -0.1) is 0 Å². The first kappa shape index (κ1) is 15.6. The van der Waals surface area contributed by atoms with Crippen LogP contribution in [0.3, 0.4) is 0 Å². The molecule has 5 heteroatoms. The number of nitrogens with two attached hydrogens (primary N) is 1. The maximum absolute atomic E-state index is 11.9. The van der Waals surface area contributed by atoms with Gasteiger partial charge in [0.05, 0.1) is 5.52 Å². The van der Waals surface area contributed by atoms with Crippen LogP contribution in [0.25, 0.3) is 22.0 Å². The highest BCUT2D eigenvalue weighted by Gasteiger charge is 2.24. The van der Waals surface area contributed by atoms with E-state index in [1.807, 2.05) is 6.20 Å². The van der Waals surface area contributed by atoms with E-state index in [2.05, 4.69) is 33.5 Å². The predicted molar refractivity (Wildman–Crippen MR) is 102 cm³/mol. The molecule has 0 fully saturated rings. The summed E-state index contributed by atoms with van der Waals surface area (Å²) < 4.78 is 0. The number of amides is 1. The Kier molecular flexibility index (Phi) is 3.57. The number of aromatic amines is 1. The van der Waals surface area contributed by atoms with Gasteiger partial charge in [-0.05, 0) is 60.9 Å². The van der Waals surface area contributed by atoms with Crippen LogP contribution in [-0.4, -0.2) is 22.4 Å². The number of nitrogens with one attached hydrogen (secondary N) is 2. The van der Waals surface area contributed by atoms with Crippen molar-refractivity contribution in [3.8, 4) is 11.1 Å². The number of H-pyrrole nitrogens is 1. The van der Waals surface area contributed by atoms with E-state index in [1.54, 1.807) is 0 Å². The number of fused-ring (bicyclic) bond motifs is 4. The third-order valence-electron chi connectivity index (χ3n) is 5.79. The standard InChI is InChI=1S/C21H22N4O/c22-21(26)20-19-18(15-5-1-2-7-17(15)25-19)16(11-24-20)14-6-3-4-12-10-23-9-8-13(12)14/h3-4,6,11,23,25H,1-2,5,7-10H2,(H2,22,26). The molecule has 0 saturated heterocycles. The van der Waals surface area contributed by atoms with Crippen LogP contribution in [0.2, 0.25) is 0 Å². The Balaban J connectivity index is 1.83. The van der Waals surface area contributed by atoms with E-state index >= 15 is 0 Å². The van der Waals surface area contributed by atoms with Gasteiger partial charge in [-0.2, -0.15) is 0 Å². The van der Waals surface area contributed by atoms with Crippen molar-refractivity contribution in [2.75, 3.05) is 6.54 Å². The second-order valence-electron chi connectivity index (χ2n) is 7.29. The Morgan fingerprint density at radius 1 is 1.08 bits per heavy atom. The Morgan fingerprint density at radius 3 is 2.85 bits per heavy atom. The molecule has 3 aromatic rings. The van der Waals surface area contributed by atoms with E-state index in [-0.39, 0.29) is 0 Å². The highest BCUT2D eigenvalue weighted by Crippen LogP contribution is 2.39. The zero-order valence-electron chi connectivity index (χ0n) is 14.7. The van der Waals surface area contributed by atoms with Gasteiger partial charge in [0.2, 0.25) is 0 Å². The molecule has 5 nitrogen and oxygen atoms in total. The fourth-order valence-corrected chi connectivity index (χ4v) is 4.59. The summed E-state index contributed by atoms with van der Waals surface area (Å²) in [4.78, 5) is 19.9. The van der Waals surface area contributed by atoms with E-state index in [9.17, 15) is 4.79 Å². The number of aromatic nitrogens is 2. The van der Waals surface area contributed by atoms with Crippen molar-refractivity contribution >= 4 is 16.8 Å². The summed E-state index contributed by atoms with van der Waals surface area (Å²) in [5.74, 6) is -0.473. The normalized spacial score (nSPS) is 16.3. The molecule has 0 atom stereocenters. The fourth-order valence-electron chi connectivity index (χ4n) is 4.59. The number of nitrogens with zero attached hydrogens (tertiary/aromatic N) is 1. The Morgan fingerprint density at radius 2 is 1.96 bits per heavy atom. The van der Waals surface area contributed by atoms with Gasteiger partial charge in [-0.25, -0.2) is 4.98 Å². The second kappa shape index (κ2) is 5.95. The fraction of sp³-hybridized carbons (Fsp3) is 0.333. The van der Waals surface area contributed by atoms with Crippen LogP contribution in [0.4, 0.5) is 0 Å². The molecule has 132 valence electrons. The predicted octanol–water partition coefficient (Wildman–Crippen LogP) is 2.85. The van der Waals surface area contributed by atoms with Gasteiger partial charge in [-0.3, -0.25) is 4.79 Å². The molecule has 1 amide bonds. The summed E-state index contributed by atoms with van der Waals surface area (Å²) in [6.07, 6.45) is 7.30. The minimum Gasteiger partial charge on any atom is -0.364 e. The lowest BCUT2D eigenvalue weighted by Crippen LogP contribution is -2.24. The van der Waals surface area contributed by atoms with Crippen LogP contribution >= 0.6 is 0 Å². The molecule has 0 saturated carbocycles. The largest absolute Gasteiger partial charge is 0.364 e. The van der Waals surface area contributed by atoms with E-state index in [0.29, 0.717) is 5.69 Å². The number of benzene rings is 1. The smallest absolute Gasteiger partial charge is 0.269 e. The van der Waals surface area contributed by atoms with Gasteiger partial charge in [0, 0.05) is 29.4 Å². The number of aryl methyl sites for hydroxylation is 2. The van der Waals surface area contributed by atoms with Gasteiger partial charge in [0.15, 0.2) is 5.69 Å². The molecule has 2 aliphatic rings. The summed E-state index contributed by atoms with van der Waals surface area (Å²) in [6.45, 7) is 1.90. The molecule has 5 rings (SSSR count). The van der Waals surface area contributed by atoms with Crippen molar-refractivity contribution < 1.29 is 4.79 Å². The van der Waals surface area contributed by atoms with Gasteiger partial charge in [-0.1, -0.05) is 18.2 Å². The van der Waals surface area contributed by atoms with Crippen molar-refractivity contribution in [1.82, 2.24) is 15.3 Å². The Bertz CT molecular complexity index is 1030. The van der Waals surface area contributed by atoms with E-state index in [1.165, 1.54) is 40.8 Å². The summed E-state index contributed by atoms with van der Waals surface area (Å²) >= 11 is 0. The Hall–Kier alpha value is -2.66. The summed E-state index contributed by atoms with van der Waals surface area (Å²) in [7, 11) is 0. The number of hydrogen-bond acceptors (Lipinski definition) is 3. The first-order chi connectivity index (χ1) is 12.7. The van der Waals surface area contributed by atoms with Crippen LogP contribution < -0.4 is 11.1 Å². The van der Waals surface area contributed by atoms with Crippen molar-refractivity contribution in [2.45, 2.75) is 38.6 Å². The van der Waals surface area contributed by atoms with E-state index < -0.39 is 5.91 Å². The molecular weight excluding hydrogens is 324 g/mol. The van der Waals surface area contributed by atoms with Gasteiger partial charge < -0.3 is 16.0 Å². The van der Waals surface area contributed by atoms with Crippen molar-refractivity contribution in [2.24, 2.45) is 5.73 Å². The highest BCUT2D eigenvalue weighted by atomic mass is 16.1. The highest BCUT2D eigenvalue weighted by molar-refractivity contribution is 6.09. The monoisotopic (exact) mass is 346 g/mol. The quantitative estimate of drug-likeness (QED) is 0.667. The molecule has 1 aliphatic carbocycles. The maximum atomic E-state index is 11.9. The molecule has 1 aliphatic heterocycles. The van der Waals surface area contributed by atoms with Crippen LogP contribution in [0.15, 0.2) is 24.4 Å². The molecule has 2 aromatic heterocycles.